The Kier molecular flexibility index (Phi) is 4.22. The first kappa shape index (κ1) is 13.3. The average Bonchev–Trinajstić information content (AvgIpc) is 2.68. The Morgan fingerprint density at radius 2 is 2.06 bits per heavy atom. The first-order valence-electron chi connectivity index (χ1n) is 6.12. The van der Waals surface area contributed by atoms with E-state index in [0.29, 0.717) is 0 Å². The van der Waals surface area contributed by atoms with E-state index in [0.717, 1.165) is 32.8 Å². The van der Waals surface area contributed by atoms with Gasteiger partial charge in [-0.3, -0.25) is 9.69 Å². The van der Waals surface area contributed by atoms with Crippen LogP contribution in [-0.2, 0) is 11.3 Å². The lowest BCUT2D eigenvalue weighted by molar-refractivity contribution is -0.129. The van der Waals surface area contributed by atoms with Crippen LogP contribution in [0.25, 0.3) is 0 Å². The highest BCUT2D eigenvalue weighted by molar-refractivity contribution is 5.85. The molecule has 0 spiro atoms. The number of halogens is 1. The highest BCUT2D eigenvalue weighted by Gasteiger charge is 2.39. The van der Waals surface area contributed by atoms with Crippen molar-refractivity contribution in [3.63, 3.8) is 0 Å². The quantitative estimate of drug-likeness (QED) is 0.856. The van der Waals surface area contributed by atoms with E-state index in [1.54, 1.807) is 0 Å². The van der Waals surface area contributed by atoms with Crippen LogP contribution >= 0.6 is 12.4 Å². The molecule has 1 atom stereocenters. The molecule has 0 aromatic heterocycles. The zero-order valence-corrected chi connectivity index (χ0v) is 11.0. The minimum Gasteiger partial charge on any atom is -0.324 e. The smallest absolute Gasteiger partial charge is 0.242 e. The lowest BCUT2D eigenvalue weighted by Gasteiger charge is -2.26. The number of carbonyl (C=O) groups is 1. The minimum absolute atomic E-state index is 0. The van der Waals surface area contributed by atoms with E-state index in [2.05, 4.69) is 22.3 Å². The van der Waals surface area contributed by atoms with Crippen LogP contribution in [0.1, 0.15) is 5.56 Å². The van der Waals surface area contributed by atoms with E-state index >= 15 is 0 Å². The van der Waals surface area contributed by atoms with Crippen LogP contribution in [0.5, 0.6) is 0 Å². The van der Waals surface area contributed by atoms with Gasteiger partial charge in [-0.15, -0.1) is 12.4 Å². The van der Waals surface area contributed by atoms with Crippen LogP contribution in [0.15, 0.2) is 30.3 Å². The van der Waals surface area contributed by atoms with E-state index in [1.807, 2.05) is 23.1 Å². The van der Waals surface area contributed by atoms with Crippen LogP contribution in [0, 0.1) is 0 Å². The molecule has 1 aromatic rings. The first-order valence-corrected chi connectivity index (χ1v) is 6.12. The van der Waals surface area contributed by atoms with Crippen molar-refractivity contribution >= 4 is 18.3 Å². The third-order valence-electron chi connectivity index (χ3n) is 3.52. The fourth-order valence-electron chi connectivity index (χ4n) is 2.59. The van der Waals surface area contributed by atoms with E-state index in [9.17, 15) is 4.79 Å². The molecule has 2 heterocycles. The summed E-state index contributed by atoms with van der Waals surface area (Å²) in [6.07, 6.45) is 0. The lowest BCUT2D eigenvalue weighted by Crippen LogP contribution is -2.50. The predicted molar refractivity (Wildman–Crippen MR) is 72.5 cm³/mol. The topological polar surface area (TPSA) is 35.6 Å². The molecular formula is C13H18ClN3O. The largest absolute Gasteiger partial charge is 0.324 e. The molecule has 2 saturated heterocycles. The SMILES string of the molecule is Cl.O=C1C2CNCCN2CN1Cc1ccccc1. The number of nitrogens with zero attached hydrogens (tertiary/aromatic N) is 2. The van der Waals surface area contributed by atoms with Crippen molar-refractivity contribution in [1.82, 2.24) is 15.1 Å². The molecule has 0 saturated carbocycles. The number of piperazine rings is 1. The molecule has 1 aromatic carbocycles. The summed E-state index contributed by atoms with van der Waals surface area (Å²) < 4.78 is 0. The number of hydrogen-bond donors (Lipinski definition) is 1. The van der Waals surface area contributed by atoms with Crippen molar-refractivity contribution in [3.8, 4) is 0 Å². The highest BCUT2D eigenvalue weighted by Crippen LogP contribution is 2.18. The number of hydrogen-bond acceptors (Lipinski definition) is 3. The molecule has 4 nitrogen and oxygen atoms in total. The van der Waals surface area contributed by atoms with Gasteiger partial charge in [0.25, 0.3) is 0 Å². The molecule has 1 unspecified atom stereocenters. The van der Waals surface area contributed by atoms with Gasteiger partial charge in [0.15, 0.2) is 0 Å². The Morgan fingerprint density at radius 1 is 1.28 bits per heavy atom. The molecule has 2 fully saturated rings. The molecule has 18 heavy (non-hydrogen) atoms. The van der Waals surface area contributed by atoms with Crippen molar-refractivity contribution < 1.29 is 4.79 Å². The number of rotatable bonds is 2. The number of fused-ring (bicyclic) bond motifs is 1. The zero-order valence-electron chi connectivity index (χ0n) is 10.2. The average molecular weight is 268 g/mol. The maximum atomic E-state index is 12.2. The Balaban J connectivity index is 0.00000120. The van der Waals surface area contributed by atoms with Gasteiger partial charge in [0, 0.05) is 26.2 Å². The minimum atomic E-state index is 0. The van der Waals surface area contributed by atoms with Crippen molar-refractivity contribution in [2.75, 3.05) is 26.3 Å². The van der Waals surface area contributed by atoms with Gasteiger partial charge in [0.2, 0.25) is 5.91 Å². The fourth-order valence-corrected chi connectivity index (χ4v) is 2.59. The predicted octanol–water partition coefficient (Wildman–Crippen LogP) is 0.682. The molecule has 0 bridgehead atoms. The van der Waals surface area contributed by atoms with Crippen molar-refractivity contribution in [3.05, 3.63) is 35.9 Å². The van der Waals surface area contributed by atoms with E-state index in [1.165, 1.54) is 5.56 Å². The summed E-state index contributed by atoms with van der Waals surface area (Å²) in [5.74, 6) is 0.265. The molecule has 0 radical (unpaired) electrons. The molecule has 3 rings (SSSR count). The van der Waals surface area contributed by atoms with Gasteiger partial charge in [-0.1, -0.05) is 30.3 Å². The third kappa shape index (κ3) is 2.51. The molecule has 98 valence electrons. The van der Waals surface area contributed by atoms with Gasteiger partial charge in [0.1, 0.15) is 6.04 Å². The molecular weight excluding hydrogens is 250 g/mol. The van der Waals surface area contributed by atoms with Crippen LogP contribution in [0.3, 0.4) is 0 Å². The summed E-state index contributed by atoms with van der Waals surface area (Å²) in [4.78, 5) is 16.4. The van der Waals surface area contributed by atoms with Crippen molar-refractivity contribution in [2.45, 2.75) is 12.6 Å². The zero-order chi connectivity index (χ0) is 11.7. The standard InChI is InChI=1S/C13H17N3O.ClH/c17-13-12-8-14-6-7-15(12)10-16(13)9-11-4-2-1-3-5-11;/h1-5,12,14H,6-10H2;1H. The number of amides is 1. The first-order chi connectivity index (χ1) is 8.34. The second-order valence-electron chi connectivity index (χ2n) is 4.70. The molecule has 1 N–H and O–H groups in total. The maximum absolute atomic E-state index is 12.2. The Hall–Kier alpha value is -1.10. The van der Waals surface area contributed by atoms with Gasteiger partial charge < -0.3 is 10.2 Å². The van der Waals surface area contributed by atoms with Gasteiger partial charge in [-0.25, -0.2) is 0 Å². The summed E-state index contributed by atoms with van der Waals surface area (Å²) >= 11 is 0. The lowest BCUT2D eigenvalue weighted by atomic mass is 10.2. The molecule has 2 aliphatic heterocycles. The molecule has 1 amide bonds. The normalized spacial score (nSPS) is 23.7. The fraction of sp³-hybridized carbons (Fsp3) is 0.462. The summed E-state index contributed by atoms with van der Waals surface area (Å²) in [5, 5.41) is 3.28. The second-order valence-corrected chi connectivity index (χ2v) is 4.70. The third-order valence-corrected chi connectivity index (χ3v) is 3.52. The van der Waals surface area contributed by atoms with Gasteiger partial charge in [-0.2, -0.15) is 0 Å². The second kappa shape index (κ2) is 5.69. The van der Waals surface area contributed by atoms with Crippen LogP contribution in [0.4, 0.5) is 0 Å². The Labute approximate surface area is 113 Å². The van der Waals surface area contributed by atoms with Crippen molar-refractivity contribution in [1.29, 1.82) is 0 Å². The van der Waals surface area contributed by atoms with E-state index < -0.39 is 0 Å². The highest BCUT2D eigenvalue weighted by atomic mass is 35.5. The maximum Gasteiger partial charge on any atom is 0.242 e. The molecule has 2 aliphatic rings. The molecule has 5 heteroatoms. The van der Waals surface area contributed by atoms with E-state index in [-0.39, 0.29) is 24.4 Å². The van der Waals surface area contributed by atoms with Gasteiger partial charge >= 0.3 is 0 Å². The van der Waals surface area contributed by atoms with Crippen LogP contribution in [0.2, 0.25) is 0 Å². The van der Waals surface area contributed by atoms with Gasteiger partial charge in [0.05, 0.1) is 6.67 Å². The van der Waals surface area contributed by atoms with E-state index in [4.69, 9.17) is 0 Å². The van der Waals surface area contributed by atoms with Gasteiger partial charge in [-0.05, 0) is 5.56 Å². The van der Waals surface area contributed by atoms with Crippen LogP contribution in [-0.4, -0.2) is 48.1 Å². The van der Waals surface area contributed by atoms with Crippen molar-refractivity contribution in [2.24, 2.45) is 0 Å². The Bertz CT molecular complexity index is 412. The summed E-state index contributed by atoms with van der Waals surface area (Å²) in [5.41, 5.74) is 1.20. The summed E-state index contributed by atoms with van der Waals surface area (Å²) in [7, 11) is 0. The number of carbonyl (C=O) groups excluding carboxylic acids is 1. The number of nitrogens with one attached hydrogen (secondary N) is 1. The Morgan fingerprint density at radius 3 is 2.78 bits per heavy atom. The number of benzene rings is 1. The monoisotopic (exact) mass is 267 g/mol. The van der Waals surface area contributed by atoms with Crippen LogP contribution < -0.4 is 5.32 Å². The summed E-state index contributed by atoms with van der Waals surface area (Å²) in [6.45, 7) is 4.27. The molecule has 0 aliphatic carbocycles. The summed E-state index contributed by atoms with van der Waals surface area (Å²) in [6, 6.07) is 10.2.